The first-order valence-electron chi connectivity index (χ1n) is 11.1. The van der Waals surface area contributed by atoms with Gasteiger partial charge in [0.05, 0.1) is 0 Å². The smallest absolute Gasteiger partial charge is 0.0309 e. The van der Waals surface area contributed by atoms with Gasteiger partial charge in [0.2, 0.25) is 0 Å². The van der Waals surface area contributed by atoms with Crippen molar-refractivity contribution in [3.63, 3.8) is 0 Å². The molecule has 0 aromatic rings. The van der Waals surface area contributed by atoms with Crippen LogP contribution in [0.25, 0.3) is 0 Å². The second-order valence-corrected chi connectivity index (χ2v) is 12.0. The molecule has 4 atom stereocenters. The zero-order chi connectivity index (χ0) is 17.5. The molecule has 0 saturated heterocycles. The summed E-state index contributed by atoms with van der Waals surface area (Å²) in [4.78, 5) is 0. The summed E-state index contributed by atoms with van der Waals surface area (Å²) in [6, 6.07) is 0. The molecule has 0 nitrogen and oxygen atoms in total. The fourth-order valence-corrected chi connectivity index (χ4v) is 7.09. The standard InChI is InChI=1S/2C12H22/c1-12(2,3)11-7-9-4-5-10(6-9)8-11;1-12(2,3)11-9-5-4-6-10(11)8-7-9/h2*9-11H,4-8H2,1-3H3. The molecule has 4 rings (SSSR count). The highest BCUT2D eigenvalue weighted by Gasteiger charge is 2.44. The van der Waals surface area contributed by atoms with E-state index in [4.69, 9.17) is 0 Å². The van der Waals surface area contributed by atoms with Gasteiger partial charge in [-0.05, 0) is 78.4 Å². The Balaban J connectivity index is 0.000000141. The maximum atomic E-state index is 2.44. The minimum atomic E-state index is 0.571. The van der Waals surface area contributed by atoms with Crippen LogP contribution in [0.15, 0.2) is 0 Å². The maximum absolute atomic E-state index is 2.44. The zero-order valence-electron chi connectivity index (χ0n) is 17.5. The molecule has 0 aliphatic heterocycles. The first-order chi connectivity index (χ1) is 11.1. The third-order valence-corrected chi connectivity index (χ3v) is 8.18. The molecule has 4 bridgehead atoms. The topological polar surface area (TPSA) is 0 Å². The Hall–Kier alpha value is 0. The Morgan fingerprint density at radius 2 is 1.04 bits per heavy atom. The number of fused-ring (bicyclic) bond motifs is 4. The summed E-state index contributed by atoms with van der Waals surface area (Å²) in [6.45, 7) is 14.6. The number of hydrogen-bond donors (Lipinski definition) is 0. The van der Waals surface area contributed by atoms with Crippen LogP contribution in [0.3, 0.4) is 0 Å². The monoisotopic (exact) mass is 332 g/mol. The highest BCUT2D eigenvalue weighted by atomic mass is 14.5. The van der Waals surface area contributed by atoms with Gasteiger partial charge in [0.15, 0.2) is 0 Å². The van der Waals surface area contributed by atoms with Gasteiger partial charge in [-0.3, -0.25) is 0 Å². The van der Waals surface area contributed by atoms with E-state index in [0.717, 1.165) is 35.5 Å². The SMILES string of the molecule is CC(C)(C)C1C2CCCC1CC2.CC(C)(C)C1CC2CCC(C2)C1. The number of hydrogen-bond acceptors (Lipinski definition) is 0. The predicted octanol–water partition coefficient (Wildman–Crippen LogP) is 7.72. The Labute approximate surface area is 152 Å². The van der Waals surface area contributed by atoms with Crippen molar-refractivity contribution in [3.05, 3.63) is 0 Å². The summed E-state index contributed by atoms with van der Waals surface area (Å²) in [5, 5.41) is 0. The highest BCUT2D eigenvalue weighted by molar-refractivity contribution is 4.94. The maximum Gasteiger partial charge on any atom is -0.0309 e. The van der Waals surface area contributed by atoms with E-state index in [9.17, 15) is 0 Å². The van der Waals surface area contributed by atoms with Gasteiger partial charge in [-0.15, -0.1) is 0 Å². The van der Waals surface area contributed by atoms with E-state index in [2.05, 4.69) is 41.5 Å². The van der Waals surface area contributed by atoms with Crippen molar-refractivity contribution in [2.75, 3.05) is 0 Å². The van der Waals surface area contributed by atoms with Crippen molar-refractivity contribution in [2.24, 2.45) is 46.3 Å². The van der Waals surface area contributed by atoms with Crippen LogP contribution in [0.5, 0.6) is 0 Å². The van der Waals surface area contributed by atoms with Crippen LogP contribution in [0.1, 0.15) is 106 Å². The van der Waals surface area contributed by atoms with Crippen molar-refractivity contribution in [2.45, 2.75) is 106 Å². The largest absolute Gasteiger partial charge is 0.0599 e. The van der Waals surface area contributed by atoms with Gasteiger partial charge in [0, 0.05) is 0 Å². The van der Waals surface area contributed by atoms with E-state index in [1.165, 1.54) is 57.8 Å². The summed E-state index contributed by atoms with van der Waals surface area (Å²) in [5.41, 5.74) is 1.15. The minimum Gasteiger partial charge on any atom is -0.0599 e. The number of rotatable bonds is 0. The van der Waals surface area contributed by atoms with Crippen LogP contribution in [0, 0.1) is 46.3 Å². The fraction of sp³-hybridized carbons (Fsp3) is 1.00. The molecule has 4 unspecified atom stereocenters. The molecule has 4 aliphatic carbocycles. The quantitative estimate of drug-likeness (QED) is 0.426. The molecule has 0 spiro atoms. The van der Waals surface area contributed by atoms with Crippen molar-refractivity contribution < 1.29 is 0 Å². The predicted molar refractivity (Wildman–Crippen MR) is 106 cm³/mol. The molecule has 0 heterocycles. The van der Waals surface area contributed by atoms with E-state index < -0.39 is 0 Å². The zero-order valence-corrected chi connectivity index (χ0v) is 17.5. The molecule has 4 fully saturated rings. The fourth-order valence-electron chi connectivity index (χ4n) is 7.09. The average Bonchev–Trinajstić information content (AvgIpc) is 2.95. The molecule has 0 aromatic carbocycles. The lowest BCUT2D eigenvalue weighted by Crippen LogP contribution is -2.32. The van der Waals surface area contributed by atoms with Crippen LogP contribution in [-0.2, 0) is 0 Å². The molecule has 0 amide bonds. The van der Waals surface area contributed by atoms with E-state index in [1.54, 1.807) is 6.42 Å². The summed E-state index contributed by atoms with van der Waals surface area (Å²) < 4.78 is 0. The van der Waals surface area contributed by atoms with E-state index in [1.807, 2.05) is 0 Å². The lowest BCUT2D eigenvalue weighted by Gasteiger charge is -2.40. The first-order valence-corrected chi connectivity index (χ1v) is 11.1. The van der Waals surface area contributed by atoms with Gasteiger partial charge in [0.1, 0.15) is 0 Å². The molecule has 0 N–H and O–H groups in total. The van der Waals surface area contributed by atoms with Crippen LogP contribution in [0.2, 0.25) is 0 Å². The van der Waals surface area contributed by atoms with Gasteiger partial charge < -0.3 is 0 Å². The average molecular weight is 333 g/mol. The second-order valence-electron chi connectivity index (χ2n) is 12.0. The molecular formula is C24H44. The summed E-state index contributed by atoms with van der Waals surface area (Å²) in [6.07, 6.45) is 15.3. The lowest BCUT2D eigenvalue weighted by molar-refractivity contribution is 0.0977. The van der Waals surface area contributed by atoms with E-state index in [0.29, 0.717) is 10.8 Å². The lowest BCUT2D eigenvalue weighted by atomic mass is 9.66. The molecule has 4 aliphatic rings. The van der Waals surface area contributed by atoms with Crippen molar-refractivity contribution >= 4 is 0 Å². The Bertz CT molecular complexity index is 379. The van der Waals surface area contributed by atoms with Crippen molar-refractivity contribution in [3.8, 4) is 0 Å². The Morgan fingerprint density at radius 3 is 1.42 bits per heavy atom. The second kappa shape index (κ2) is 6.96. The third kappa shape index (κ3) is 4.21. The molecule has 24 heavy (non-hydrogen) atoms. The van der Waals surface area contributed by atoms with E-state index >= 15 is 0 Å². The molecule has 0 radical (unpaired) electrons. The molecule has 4 saturated carbocycles. The van der Waals surface area contributed by atoms with Gasteiger partial charge in [0.25, 0.3) is 0 Å². The van der Waals surface area contributed by atoms with Crippen LogP contribution >= 0.6 is 0 Å². The minimum absolute atomic E-state index is 0.571. The molecule has 0 heteroatoms. The van der Waals surface area contributed by atoms with Gasteiger partial charge >= 0.3 is 0 Å². The van der Waals surface area contributed by atoms with E-state index in [-0.39, 0.29) is 0 Å². The summed E-state index contributed by atoms with van der Waals surface area (Å²) in [7, 11) is 0. The Morgan fingerprint density at radius 1 is 0.542 bits per heavy atom. The van der Waals surface area contributed by atoms with Crippen molar-refractivity contribution in [1.29, 1.82) is 0 Å². The normalized spacial score (nSPS) is 41.8. The van der Waals surface area contributed by atoms with Crippen LogP contribution in [-0.4, -0.2) is 0 Å². The summed E-state index contributed by atoms with van der Waals surface area (Å²) in [5.74, 6) is 6.45. The summed E-state index contributed by atoms with van der Waals surface area (Å²) >= 11 is 0. The molecule has 0 aromatic heterocycles. The first kappa shape index (κ1) is 18.8. The van der Waals surface area contributed by atoms with Crippen LogP contribution < -0.4 is 0 Å². The van der Waals surface area contributed by atoms with Crippen molar-refractivity contribution in [1.82, 2.24) is 0 Å². The third-order valence-electron chi connectivity index (χ3n) is 8.18. The van der Waals surface area contributed by atoms with Gasteiger partial charge in [-0.25, -0.2) is 0 Å². The highest BCUT2D eigenvalue weighted by Crippen LogP contribution is 2.54. The molecular weight excluding hydrogens is 288 g/mol. The molecule has 140 valence electrons. The van der Waals surface area contributed by atoms with Crippen LogP contribution in [0.4, 0.5) is 0 Å². The Kier molecular flexibility index (Phi) is 5.44. The van der Waals surface area contributed by atoms with Gasteiger partial charge in [-0.1, -0.05) is 73.6 Å². The van der Waals surface area contributed by atoms with Gasteiger partial charge in [-0.2, -0.15) is 0 Å².